The molecule has 2 atom stereocenters. The van der Waals surface area contributed by atoms with Crippen molar-refractivity contribution in [3.63, 3.8) is 0 Å². The molecule has 0 fully saturated rings. The van der Waals surface area contributed by atoms with Crippen LogP contribution in [0.3, 0.4) is 0 Å². The van der Waals surface area contributed by atoms with E-state index in [-0.39, 0.29) is 0 Å². The third-order valence-electron chi connectivity index (χ3n) is 3.83. The Hall–Kier alpha value is -0.0831. The Kier molecular flexibility index (Phi) is 3.03. The van der Waals surface area contributed by atoms with Gasteiger partial charge in [-0.3, -0.25) is 0 Å². The van der Waals surface area contributed by atoms with Gasteiger partial charge in [0.2, 0.25) is 0 Å². The van der Waals surface area contributed by atoms with Crippen LogP contribution in [0.15, 0.2) is 12.2 Å². The van der Waals surface area contributed by atoms with Gasteiger partial charge in [0.15, 0.2) is 0 Å². The smallest absolute Gasteiger partial charge is 0.0550 e. The van der Waals surface area contributed by atoms with Gasteiger partial charge in [-0.2, -0.15) is 0 Å². The molecule has 1 rings (SSSR count). The molecule has 0 heterocycles. The number of aliphatic hydroxyl groups is 1. The van der Waals surface area contributed by atoms with Gasteiger partial charge < -0.3 is 5.11 Å². The first kappa shape index (κ1) is 11.0. The van der Waals surface area contributed by atoms with Crippen molar-refractivity contribution < 1.29 is 5.11 Å². The predicted octanol–water partition coefficient (Wildman–Crippen LogP) is 3.04. The summed E-state index contributed by atoms with van der Waals surface area (Å²) in [6.07, 6.45) is 6.97. The van der Waals surface area contributed by atoms with Gasteiger partial charge in [-0.1, -0.05) is 38.7 Å². The van der Waals surface area contributed by atoms with Crippen molar-refractivity contribution in [1.82, 2.24) is 0 Å². The first-order valence-corrected chi connectivity index (χ1v) is 8.70. The van der Waals surface area contributed by atoms with Gasteiger partial charge in [-0.05, 0) is 23.8 Å². The van der Waals surface area contributed by atoms with Crippen molar-refractivity contribution in [3.05, 3.63) is 12.2 Å². The van der Waals surface area contributed by atoms with Crippen LogP contribution in [0.5, 0.6) is 0 Å². The van der Waals surface area contributed by atoms with E-state index in [0.717, 1.165) is 12.8 Å². The maximum atomic E-state index is 9.38. The van der Waals surface area contributed by atoms with E-state index in [1.165, 1.54) is 0 Å². The fourth-order valence-corrected chi connectivity index (χ4v) is 4.28. The van der Waals surface area contributed by atoms with E-state index >= 15 is 0 Å². The standard InChI is InChI=1S/C11H22OSi/c1-11(13(2,3)4)8-6-5-7-10(11)9-12/h6,8,10,12H,5,7,9H2,1-4H3/t10-,11-/m1/s1. The van der Waals surface area contributed by atoms with Crippen LogP contribution >= 0.6 is 0 Å². The van der Waals surface area contributed by atoms with Crippen molar-refractivity contribution in [2.45, 2.75) is 44.4 Å². The van der Waals surface area contributed by atoms with Crippen LogP contribution in [-0.2, 0) is 0 Å². The zero-order valence-corrected chi connectivity index (χ0v) is 10.3. The summed E-state index contributed by atoms with van der Waals surface area (Å²) in [4.78, 5) is 0. The van der Waals surface area contributed by atoms with Gasteiger partial charge >= 0.3 is 0 Å². The Bertz CT molecular complexity index is 205. The lowest BCUT2D eigenvalue weighted by Crippen LogP contribution is -2.43. The van der Waals surface area contributed by atoms with Gasteiger partial charge in [0, 0.05) is 6.61 Å². The number of hydrogen-bond donors (Lipinski definition) is 1. The van der Waals surface area contributed by atoms with Crippen molar-refractivity contribution in [1.29, 1.82) is 0 Å². The van der Waals surface area contributed by atoms with E-state index in [2.05, 4.69) is 38.7 Å². The molecule has 13 heavy (non-hydrogen) atoms. The van der Waals surface area contributed by atoms with E-state index in [9.17, 15) is 5.11 Å². The van der Waals surface area contributed by atoms with Gasteiger partial charge in [-0.15, -0.1) is 0 Å². The topological polar surface area (TPSA) is 20.2 Å². The lowest BCUT2D eigenvalue weighted by Gasteiger charge is -2.46. The van der Waals surface area contributed by atoms with Gasteiger partial charge in [0.25, 0.3) is 0 Å². The Morgan fingerprint density at radius 3 is 2.46 bits per heavy atom. The summed E-state index contributed by atoms with van der Waals surface area (Å²) in [6.45, 7) is 9.86. The monoisotopic (exact) mass is 198 g/mol. The van der Waals surface area contributed by atoms with Crippen molar-refractivity contribution in [2.24, 2.45) is 5.92 Å². The average molecular weight is 198 g/mol. The second kappa shape index (κ2) is 3.58. The fraction of sp³-hybridized carbons (Fsp3) is 0.818. The summed E-state index contributed by atoms with van der Waals surface area (Å²) < 4.78 is 0. The van der Waals surface area contributed by atoms with Crippen LogP contribution in [0.2, 0.25) is 24.7 Å². The zero-order valence-electron chi connectivity index (χ0n) is 9.30. The predicted molar refractivity (Wildman–Crippen MR) is 60.7 cm³/mol. The molecule has 1 nitrogen and oxygen atoms in total. The SMILES string of the molecule is C[C@@]1([Si](C)(C)C)C=CCC[C@@H]1CO. The molecule has 0 saturated carbocycles. The number of allylic oxidation sites excluding steroid dienone is 2. The molecule has 76 valence electrons. The first-order chi connectivity index (χ1) is 5.92. The minimum absolute atomic E-state index is 0.292. The third-order valence-corrected chi connectivity index (χ3v) is 7.64. The van der Waals surface area contributed by atoms with Crippen molar-refractivity contribution in [3.8, 4) is 0 Å². The highest BCUT2D eigenvalue weighted by Gasteiger charge is 2.43. The third kappa shape index (κ3) is 1.89. The van der Waals surface area contributed by atoms with E-state index in [4.69, 9.17) is 0 Å². The quantitative estimate of drug-likeness (QED) is 0.534. The summed E-state index contributed by atoms with van der Waals surface area (Å²) in [5.74, 6) is 0.490. The first-order valence-electron chi connectivity index (χ1n) is 5.20. The lowest BCUT2D eigenvalue weighted by atomic mass is 9.85. The highest BCUT2D eigenvalue weighted by molar-refractivity contribution is 6.79. The van der Waals surface area contributed by atoms with Crippen LogP contribution in [0.25, 0.3) is 0 Å². The minimum Gasteiger partial charge on any atom is -0.396 e. The molecule has 0 spiro atoms. The van der Waals surface area contributed by atoms with E-state index < -0.39 is 8.07 Å². The highest BCUT2D eigenvalue weighted by atomic mass is 28.3. The zero-order chi connectivity index (χ0) is 10.1. The van der Waals surface area contributed by atoms with Gasteiger partial charge in [0.1, 0.15) is 0 Å². The maximum Gasteiger partial charge on any atom is 0.0550 e. The van der Waals surface area contributed by atoms with Crippen LogP contribution in [-0.4, -0.2) is 19.8 Å². The number of rotatable bonds is 2. The molecule has 0 bridgehead atoms. The molecule has 0 aromatic heterocycles. The van der Waals surface area contributed by atoms with Gasteiger partial charge in [-0.25, -0.2) is 0 Å². The van der Waals surface area contributed by atoms with Crippen LogP contribution in [0, 0.1) is 5.92 Å². The molecule has 0 aliphatic heterocycles. The summed E-state index contributed by atoms with van der Waals surface area (Å²) in [5.41, 5.74) is 0. The van der Waals surface area contributed by atoms with E-state index in [1.54, 1.807) is 0 Å². The lowest BCUT2D eigenvalue weighted by molar-refractivity contribution is 0.190. The number of hydrogen-bond acceptors (Lipinski definition) is 1. The molecule has 0 aromatic carbocycles. The minimum atomic E-state index is -1.21. The molecule has 0 aromatic rings. The second-order valence-electron chi connectivity index (χ2n) is 5.39. The maximum absolute atomic E-state index is 9.38. The average Bonchev–Trinajstić information content (AvgIpc) is 2.03. The molecule has 0 saturated heterocycles. The number of aliphatic hydroxyl groups excluding tert-OH is 1. The molecule has 1 N–H and O–H groups in total. The summed E-state index contributed by atoms with van der Waals surface area (Å²) >= 11 is 0. The molecule has 2 heteroatoms. The molecule has 0 amide bonds. The molecule has 0 unspecified atom stereocenters. The fourth-order valence-electron chi connectivity index (χ4n) is 2.20. The van der Waals surface area contributed by atoms with Crippen LogP contribution < -0.4 is 0 Å². The normalized spacial score (nSPS) is 35.0. The molecular weight excluding hydrogens is 176 g/mol. The Morgan fingerprint density at radius 1 is 1.46 bits per heavy atom. The van der Waals surface area contributed by atoms with E-state index in [0.29, 0.717) is 17.6 Å². The Labute approximate surface area is 82.9 Å². The Balaban J connectivity index is 2.96. The van der Waals surface area contributed by atoms with Crippen LogP contribution in [0.4, 0.5) is 0 Å². The summed E-state index contributed by atoms with van der Waals surface area (Å²) in [6, 6.07) is 0. The summed E-state index contributed by atoms with van der Waals surface area (Å²) in [7, 11) is -1.21. The Morgan fingerprint density at radius 2 is 2.08 bits per heavy atom. The van der Waals surface area contributed by atoms with Crippen molar-refractivity contribution >= 4 is 8.07 Å². The molecule has 1 aliphatic carbocycles. The molecule has 1 aliphatic rings. The molecule has 0 radical (unpaired) electrons. The van der Waals surface area contributed by atoms with Crippen LogP contribution in [0.1, 0.15) is 19.8 Å². The highest BCUT2D eigenvalue weighted by Crippen LogP contribution is 2.50. The molecular formula is C11H22OSi. The van der Waals surface area contributed by atoms with Crippen molar-refractivity contribution in [2.75, 3.05) is 6.61 Å². The summed E-state index contributed by atoms with van der Waals surface area (Å²) in [5, 5.41) is 9.67. The van der Waals surface area contributed by atoms with E-state index in [1.807, 2.05) is 0 Å². The second-order valence-corrected chi connectivity index (χ2v) is 11.0. The van der Waals surface area contributed by atoms with Gasteiger partial charge in [0.05, 0.1) is 8.07 Å². The largest absolute Gasteiger partial charge is 0.396 e.